The van der Waals surface area contributed by atoms with Crippen molar-refractivity contribution in [1.82, 2.24) is 4.98 Å². The number of aryl methyl sites for hydroxylation is 1. The molecule has 1 aromatic carbocycles. The molecule has 0 atom stereocenters. The van der Waals surface area contributed by atoms with E-state index in [0.717, 1.165) is 5.82 Å². The number of benzene rings is 1. The zero-order valence-corrected chi connectivity index (χ0v) is 13.1. The third kappa shape index (κ3) is 3.19. The molecule has 1 heterocycles. The van der Waals surface area contributed by atoms with Gasteiger partial charge in [-0.1, -0.05) is 45.9 Å². The predicted octanol–water partition coefficient (Wildman–Crippen LogP) is 5.38. The number of pyridine rings is 1. The predicted molar refractivity (Wildman–Crippen MR) is 86.9 cm³/mol. The molecule has 0 saturated carbocycles. The molecule has 106 valence electrons. The molecule has 2 rings (SSSR count). The highest BCUT2D eigenvalue weighted by atomic mass is 15.0. The molecule has 0 unspecified atom stereocenters. The lowest BCUT2D eigenvalue weighted by Gasteiger charge is -2.20. The Balaban J connectivity index is 2.48. The molecule has 2 nitrogen and oxygen atoms in total. The summed E-state index contributed by atoms with van der Waals surface area (Å²) in [5.41, 5.74) is 5.13. The summed E-state index contributed by atoms with van der Waals surface area (Å²) in [5.74, 6) is 1.89. The average molecular weight is 268 g/mol. The Morgan fingerprint density at radius 1 is 0.950 bits per heavy atom. The minimum atomic E-state index is 0.487. The Kier molecular flexibility index (Phi) is 4.43. The number of aromatic nitrogens is 1. The van der Waals surface area contributed by atoms with E-state index in [1.165, 1.54) is 22.4 Å². The van der Waals surface area contributed by atoms with Crippen LogP contribution in [0.3, 0.4) is 0 Å². The summed E-state index contributed by atoms with van der Waals surface area (Å²) in [7, 11) is 0. The van der Waals surface area contributed by atoms with E-state index in [1.54, 1.807) is 0 Å². The maximum atomic E-state index is 4.42. The summed E-state index contributed by atoms with van der Waals surface area (Å²) in [4.78, 5) is 4.42. The van der Waals surface area contributed by atoms with E-state index in [1.807, 2.05) is 12.3 Å². The van der Waals surface area contributed by atoms with Crippen LogP contribution in [-0.4, -0.2) is 4.98 Å². The largest absolute Gasteiger partial charge is 0.340 e. The van der Waals surface area contributed by atoms with Crippen molar-refractivity contribution in [3.05, 3.63) is 53.2 Å². The first-order chi connectivity index (χ1) is 9.49. The number of nitrogens with one attached hydrogen (secondary N) is 1. The first kappa shape index (κ1) is 14.6. The topological polar surface area (TPSA) is 24.9 Å². The molecule has 0 bridgehead atoms. The second kappa shape index (κ2) is 6.08. The number of para-hydroxylation sites is 1. The Morgan fingerprint density at radius 3 is 2.05 bits per heavy atom. The van der Waals surface area contributed by atoms with Crippen LogP contribution < -0.4 is 5.32 Å². The quantitative estimate of drug-likeness (QED) is 0.805. The van der Waals surface area contributed by atoms with E-state index in [4.69, 9.17) is 0 Å². The summed E-state index contributed by atoms with van der Waals surface area (Å²) in [5, 5.41) is 3.53. The molecule has 0 fully saturated rings. The van der Waals surface area contributed by atoms with E-state index < -0.39 is 0 Å². The Morgan fingerprint density at radius 2 is 1.55 bits per heavy atom. The summed E-state index contributed by atoms with van der Waals surface area (Å²) >= 11 is 0. The SMILES string of the molecule is Cc1ccnc(Nc2c(C(C)C)cccc2C(C)C)c1. The summed E-state index contributed by atoms with van der Waals surface area (Å²) < 4.78 is 0. The van der Waals surface area contributed by atoms with Crippen LogP contribution in [0.15, 0.2) is 36.5 Å². The second-order valence-corrected chi connectivity index (χ2v) is 5.96. The first-order valence-electron chi connectivity index (χ1n) is 7.31. The van der Waals surface area contributed by atoms with Gasteiger partial charge in [-0.3, -0.25) is 0 Å². The van der Waals surface area contributed by atoms with Gasteiger partial charge >= 0.3 is 0 Å². The van der Waals surface area contributed by atoms with Gasteiger partial charge in [0.2, 0.25) is 0 Å². The second-order valence-electron chi connectivity index (χ2n) is 5.96. The Bertz CT molecular complexity index is 559. The molecule has 0 radical (unpaired) electrons. The smallest absolute Gasteiger partial charge is 0.130 e. The van der Waals surface area contributed by atoms with Gasteiger partial charge in [0.15, 0.2) is 0 Å². The van der Waals surface area contributed by atoms with Gasteiger partial charge in [-0.15, -0.1) is 0 Å². The standard InChI is InChI=1S/C18H24N2/c1-12(2)15-7-6-8-16(13(3)4)18(15)20-17-11-14(5)9-10-19-17/h6-13H,1-5H3,(H,19,20). The van der Waals surface area contributed by atoms with E-state index >= 15 is 0 Å². The summed E-state index contributed by atoms with van der Waals surface area (Å²) in [6.07, 6.45) is 1.85. The van der Waals surface area contributed by atoms with E-state index in [2.05, 4.69) is 69.2 Å². The van der Waals surface area contributed by atoms with Crippen LogP contribution in [0.2, 0.25) is 0 Å². The van der Waals surface area contributed by atoms with Gasteiger partial charge in [0.05, 0.1) is 0 Å². The minimum absolute atomic E-state index is 0.487. The Labute approximate surface area is 122 Å². The van der Waals surface area contributed by atoms with E-state index in [0.29, 0.717) is 11.8 Å². The van der Waals surface area contributed by atoms with Gasteiger partial charge in [-0.2, -0.15) is 0 Å². The molecule has 1 N–H and O–H groups in total. The number of rotatable bonds is 4. The van der Waals surface area contributed by atoms with Crippen molar-refractivity contribution in [2.45, 2.75) is 46.5 Å². The highest BCUT2D eigenvalue weighted by Crippen LogP contribution is 2.34. The van der Waals surface area contributed by atoms with Crippen molar-refractivity contribution >= 4 is 11.5 Å². The van der Waals surface area contributed by atoms with Crippen LogP contribution in [-0.2, 0) is 0 Å². The molecule has 0 saturated heterocycles. The first-order valence-corrected chi connectivity index (χ1v) is 7.31. The molecular weight excluding hydrogens is 244 g/mol. The lowest BCUT2D eigenvalue weighted by molar-refractivity contribution is 0.838. The third-order valence-electron chi connectivity index (χ3n) is 3.54. The van der Waals surface area contributed by atoms with Crippen LogP contribution in [0, 0.1) is 6.92 Å². The van der Waals surface area contributed by atoms with E-state index in [-0.39, 0.29) is 0 Å². The maximum Gasteiger partial charge on any atom is 0.130 e. The van der Waals surface area contributed by atoms with Crippen molar-refractivity contribution in [1.29, 1.82) is 0 Å². The normalized spacial score (nSPS) is 11.2. The lowest BCUT2D eigenvalue weighted by atomic mass is 9.92. The zero-order chi connectivity index (χ0) is 14.7. The summed E-state index contributed by atoms with van der Waals surface area (Å²) in [6.45, 7) is 11.0. The van der Waals surface area contributed by atoms with Crippen molar-refractivity contribution in [3.63, 3.8) is 0 Å². The number of hydrogen-bond donors (Lipinski definition) is 1. The molecule has 0 aliphatic carbocycles. The number of anilines is 2. The van der Waals surface area contributed by atoms with Crippen LogP contribution >= 0.6 is 0 Å². The van der Waals surface area contributed by atoms with Gasteiger partial charge in [-0.05, 0) is 47.6 Å². The van der Waals surface area contributed by atoms with Gasteiger partial charge in [0.25, 0.3) is 0 Å². The van der Waals surface area contributed by atoms with Crippen molar-refractivity contribution in [3.8, 4) is 0 Å². The summed E-state index contributed by atoms with van der Waals surface area (Å²) in [6, 6.07) is 10.7. The maximum absolute atomic E-state index is 4.42. The monoisotopic (exact) mass is 268 g/mol. The Hall–Kier alpha value is -1.83. The average Bonchev–Trinajstić information content (AvgIpc) is 2.38. The highest BCUT2D eigenvalue weighted by Gasteiger charge is 2.14. The van der Waals surface area contributed by atoms with Gasteiger partial charge < -0.3 is 5.32 Å². The van der Waals surface area contributed by atoms with E-state index in [9.17, 15) is 0 Å². The number of nitrogens with zero attached hydrogens (tertiary/aromatic N) is 1. The van der Waals surface area contributed by atoms with Crippen LogP contribution in [0.1, 0.15) is 56.2 Å². The molecule has 2 heteroatoms. The van der Waals surface area contributed by atoms with Crippen LogP contribution in [0.5, 0.6) is 0 Å². The third-order valence-corrected chi connectivity index (χ3v) is 3.54. The fourth-order valence-corrected chi connectivity index (χ4v) is 2.43. The lowest BCUT2D eigenvalue weighted by Crippen LogP contribution is -2.04. The zero-order valence-electron chi connectivity index (χ0n) is 13.1. The number of hydrogen-bond acceptors (Lipinski definition) is 2. The molecular formula is C18H24N2. The molecule has 1 aromatic heterocycles. The molecule has 0 aliphatic rings. The van der Waals surface area contributed by atoms with Crippen molar-refractivity contribution in [2.75, 3.05) is 5.32 Å². The van der Waals surface area contributed by atoms with Gasteiger partial charge in [0.1, 0.15) is 5.82 Å². The van der Waals surface area contributed by atoms with Gasteiger partial charge in [0, 0.05) is 11.9 Å². The van der Waals surface area contributed by atoms with Gasteiger partial charge in [-0.25, -0.2) is 4.98 Å². The minimum Gasteiger partial charge on any atom is -0.340 e. The van der Waals surface area contributed by atoms with Crippen molar-refractivity contribution in [2.24, 2.45) is 0 Å². The molecule has 0 spiro atoms. The molecule has 0 amide bonds. The fourth-order valence-electron chi connectivity index (χ4n) is 2.43. The van der Waals surface area contributed by atoms with Crippen LogP contribution in [0.4, 0.5) is 11.5 Å². The molecule has 2 aromatic rings. The molecule has 20 heavy (non-hydrogen) atoms. The fraction of sp³-hybridized carbons (Fsp3) is 0.389. The van der Waals surface area contributed by atoms with Crippen LogP contribution in [0.25, 0.3) is 0 Å². The molecule has 0 aliphatic heterocycles. The van der Waals surface area contributed by atoms with Crippen molar-refractivity contribution < 1.29 is 0 Å². The highest BCUT2D eigenvalue weighted by molar-refractivity contribution is 5.66.